The molecule has 4 heteroatoms. The molecule has 9 aromatic carbocycles. The third kappa shape index (κ3) is 8.42. The number of hydrogen-bond acceptors (Lipinski definition) is 3. The lowest BCUT2D eigenvalue weighted by Gasteiger charge is -2.46. The third-order valence-electron chi connectivity index (χ3n) is 17.1. The lowest BCUT2D eigenvalue weighted by molar-refractivity contribution is 0.590. The van der Waals surface area contributed by atoms with E-state index in [1.807, 2.05) is 0 Å². The van der Waals surface area contributed by atoms with E-state index in [9.17, 15) is 0 Å². The fraction of sp³-hybridized carbons (Fsp3) is 0.260. The second kappa shape index (κ2) is 17.7. The molecule has 3 aliphatic rings. The molecule has 0 amide bonds. The molecule has 0 N–H and O–H groups in total. The SMILES string of the molecule is CC(C)(C)c1ccc(N2c3cc(N(c4ccccc4)c4ccc(C(C)(C)C)cc4-c4ccccc4)ccc3B3c4cc(C(C)(C)C)ccc4N(c4ccc5c(c4)-c4ccccc4C5(C)C)c4cc(C(C)(C)C)cc2c43)cc1. The summed E-state index contributed by atoms with van der Waals surface area (Å²) >= 11 is 0. The van der Waals surface area contributed by atoms with E-state index in [4.69, 9.17) is 0 Å². The Morgan fingerprint density at radius 3 is 1.56 bits per heavy atom. The van der Waals surface area contributed by atoms with Crippen LogP contribution in [0.25, 0.3) is 22.3 Å². The van der Waals surface area contributed by atoms with E-state index >= 15 is 0 Å². The van der Waals surface area contributed by atoms with Crippen molar-refractivity contribution in [3.8, 4) is 22.3 Å². The van der Waals surface area contributed by atoms with Crippen LogP contribution in [0.5, 0.6) is 0 Å². The van der Waals surface area contributed by atoms with Gasteiger partial charge in [-0.15, -0.1) is 0 Å². The third-order valence-corrected chi connectivity index (χ3v) is 17.1. The fourth-order valence-electron chi connectivity index (χ4n) is 12.6. The molecule has 77 heavy (non-hydrogen) atoms. The normalized spacial score (nSPS) is 14.4. The van der Waals surface area contributed by atoms with E-state index in [0.717, 1.165) is 22.7 Å². The maximum absolute atomic E-state index is 2.62. The van der Waals surface area contributed by atoms with E-state index in [-0.39, 0.29) is 33.8 Å². The molecule has 0 saturated heterocycles. The molecule has 3 nitrogen and oxygen atoms in total. The van der Waals surface area contributed by atoms with Crippen molar-refractivity contribution in [1.82, 2.24) is 0 Å². The van der Waals surface area contributed by atoms with E-state index in [2.05, 4.69) is 306 Å². The first-order chi connectivity index (χ1) is 36.5. The number of hydrogen-bond donors (Lipinski definition) is 0. The van der Waals surface area contributed by atoms with Crippen LogP contribution in [0.1, 0.15) is 130 Å². The highest BCUT2D eigenvalue weighted by Crippen LogP contribution is 2.53. The highest BCUT2D eigenvalue weighted by atomic mass is 15.2. The Morgan fingerprint density at radius 1 is 0.364 bits per heavy atom. The van der Waals surface area contributed by atoms with E-state index in [0.29, 0.717) is 0 Å². The molecule has 2 heterocycles. The zero-order valence-corrected chi connectivity index (χ0v) is 47.9. The van der Waals surface area contributed by atoms with Crippen LogP contribution in [0.15, 0.2) is 194 Å². The van der Waals surface area contributed by atoms with Crippen molar-refractivity contribution in [1.29, 1.82) is 0 Å². The molecular weight excluding hydrogens is 930 g/mol. The summed E-state index contributed by atoms with van der Waals surface area (Å²) in [5.74, 6) is 0. The summed E-state index contributed by atoms with van der Waals surface area (Å²) in [6.07, 6.45) is 0. The van der Waals surface area contributed by atoms with Gasteiger partial charge in [0.1, 0.15) is 0 Å². The van der Waals surface area contributed by atoms with Crippen molar-refractivity contribution in [2.75, 3.05) is 14.7 Å². The molecule has 0 fully saturated rings. The second-order valence-corrected chi connectivity index (χ2v) is 26.8. The van der Waals surface area contributed by atoms with Crippen LogP contribution in [-0.4, -0.2) is 6.71 Å². The molecule has 0 bridgehead atoms. The lowest BCUT2D eigenvalue weighted by atomic mass is 9.33. The molecule has 0 atom stereocenters. The molecule has 0 unspecified atom stereocenters. The monoisotopic (exact) mass is 1000 g/mol. The Kier molecular flexibility index (Phi) is 11.6. The van der Waals surface area contributed by atoms with Crippen LogP contribution in [0.3, 0.4) is 0 Å². The van der Waals surface area contributed by atoms with Gasteiger partial charge in [0, 0.05) is 56.5 Å². The van der Waals surface area contributed by atoms with Gasteiger partial charge in [0.15, 0.2) is 0 Å². The van der Waals surface area contributed by atoms with Crippen molar-refractivity contribution in [3.05, 3.63) is 228 Å². The zero-order valence-electron chi connectivity index (χ0n) is 47.9. The van der Waals surface area contributed by atoms with Crippen molar-refractivity contribution in [2.24, 2.45) is 0 Å². The summed E-state index contributed by atoms with van der Waals surface area (Å²) in [5.41, 5.74) is 27.2. The van der Waals surface area contributed by atoms with Crippen LogP contribution in [0.4, 0.5) is 51.2 Å². The molecular formula is C73H74BN3. The quantitative estimate of drug-likeness (QED) is 0.154. The lowest BCUT2D eigenvalue weighted by Crippen LogP contribution is -2.61. The van der Waals surface area contributed by atoms with Gasteiger partial charge in [-0.3, -0.25) is 0 Å². The Bertz CT molecular complexity index is 3760. The number of benzene rings is 9. The standard InChI is InChI=1S/C73H74BN3/c1-69(2,3)48-29-33-53(34-30-48)76-65-46-55(75(52-25-19-16-20-26-52)63-39-31-49(70(4,5)6)41-57(63)47-23-17-15-18-24-47)36-38-61(65)74-62-42-50(71(7,8)9)32-40-64(62)77(67-44-51(72(10,11)12)43-66(76)68(67)74)54-35-37-60-58(45-54)56-27-21-22-28-59(56)73(60,13)14/h15-46H,1-14H3. The summed E-state index contributed by atoms with van der Waals surface area (Å²) < 4.78 is 0. The maximum atomic E-state index is 2.62. The molecule has 1 aliphatic carbocycles. The fourth-order valence-corrected chi connectivity index (χ4v) is 12.6. The summed E-state index contributed by atoms with van der Waals surface area (Å²) in [6, 6.07) is 74.6. The topological polar surface area (TPSA) is 9.72 Å². The van der Waals surface area contributed by atoms with E-state index in [1.165, 1.54) is 100 Å². The number of fused-ring (bicyclic) bond motifs is 7. The van der Waals surface area contributed by atoms with Crippen molar-refractivity contribution in [3.63, 3.8) is 0 Å². The first-order valence-electron chi connectivity index (χ1n) is 28.0. The van der Waals surface area contributed by atoms with E-state index < -0.39 is 0 Å². The minimum absolute atomic E-state index is 0.00232. The van der Waals surface area contributed by atoms with Crippen molar-refractivity contribution in [2.45, 2.75) is 124 Å². The van der Waals surface area contributed by atoms with Gasteiger partial charge in [-0.05, 0) is 167 Å². The van der Waals surface area contributed by atoms with Crippen molar-refractivity contribution < 1.29 is 0 Å². The van der Waals surface area contributed by atoms with Crippen LogP contribution >= 0.6 is 0 Å². The number of nitrogens with zero attached hydrogens (tertiary/aromatic N) is 3. The Balaban J connectivity index is 1.16. The average molecular weight is 1000 g/mol. The van der Waals surface area contributed by atoms with Crippen molar-refractivity contribution >= 4 is 74.3 Å². The Labute approximate surface area is 460 Å². The molecule has 12 rings (SSSR count). The Morgan fingerprint density at radius 2 is 0.909 bits per heavy atom. The molecule has 9 aromatic rings. The van der Waals surface area contributed by atoms with Gasteiger partial charge in [-0.1, -0.05) is 212 Å². The molecule has 0 aromatic heterocycles. The second-order valence-electron chi connectivity index (χ2n) is 26.8. The summed E-state index contributed by atoms with van der Waals surface area (Å²) in [4.78, 5) is 7.71. The smallest absolute Gasteiger partial charge is 0.252 e. The summed E-state index contributed by atoms with van der Waals surface area (Å²) in [6.45, 7) is 32.7. The summed E-state index contributed by atoms with van der Waals surface area (Å²) in [5, 5.41) is 0. The predicted molar refractivity (Wildman–Crippen MR) is 333 cm³/mol. The summed E-state index contributed by atoms with van der Waals surface area (Å²) in [7, 11) is 0. The Hall–Kier alpha value is -7.56. The number of para-hydroxylation sites is 1. The minimum Gasteiger partial charge on any atom is -0.311 e. The predicted octanol–water partition coefficient (Wildman–Crippen LogP) is 18.4. The molecule has 384 valence electrons. The van der Waals surface area contributed by atoms with Crippen LogP contribution in [0, 0.1) is 0 Å². The largest absolute Gasteiger partial charge is 0.311 e. The van der Waals surface area contributed by atoms with Crippen LogP contribution in [0.2, 0.25) is 0 Å². The number of anilines is 9. The van der Waals surface area contributed by atoms with Gasteiger partial charge >= 0.3 is 0 Å². The minimum atomic E-state index is -0.162. The van der Waals surface area contributed by atoms with Gasteiger partial charge in [0.25, 0.3) is 6.71 Å². The maximum Gasteiger partial charge on any atom is 0.252 e. The van der Waals surface area contributed by atoms with Gasteiger partial charge < -0.3 is 14.7 Å². The first kappa shape index (κ1) is 50.3. The number of rotatable bonds is 6. The van der Waals surface area contributed by atoms with Crippen LogP contribution in [-0.2, 0) is 27.1 Å². The van der Waals surface area contributed by atoms with Gasteiger partial charge in [-0.2, -0.15) is 0 Å². The molecule has 0 saturated carbocycles. The molecule has 2 aliphatic heterocycles. The first-order valence-corrected chi connectivity index (χ1v) is 28.0. The molecule has 0 spiro atoms. The molecule has 0 radical (unpaired) electrons. The van der Waals surface area contributed by atoms with Gasteiger partial charge in [0.05, 0.1) is 5.69 Å². The average Bonchev–Trinajstić information content (AvgIpc) is 3.72. The highest BCUT2D eigenvalue weighted by Gasteiger charge is 2.46. The van der Waals surface area contributed by atoms with Gasteiger partial charge in [-0.25, -0.2) is 0 Å². The van der Waals surface area contributed by atoms with Crippen LogP contribution < -0.4 is 31.1 Å². The highest BCUT2D eigenvalue weighted by molar-refractivity contribution is 7.00. The van der Waals surface area contributed by atoms with E-state index in [1.54, 1.807) is 0 Å². The zero-order chi connectivity index (χ0) is 54.1. The van der Waals surface area contributed by atoms with Gasteiger partial charge in [0.2, 0.25) is 0 Å².